The Morgan fingerprint density at radius 1 is 1.33 bits per heavy atom. The Bertz CT molecular complexity index is 104. The van der Waals surface area contributed by atoms with Gasteiger partial charge in [0, 0.05) is 0 Å². The SMILES string of the molecule is CCCCCCOC(C)OC=O. The molecule has 0 amide bonds. The van der Waals surface area contributed by atoms with Crippen molar-refractivity contribution in [2.45, 2.75) is 45.8 Å². The van der Waals surface area contributed by atoms with Crippen molar-refractivity contribution >= 4 is 6.47 Å². The summed E-state index contributed by atoms with van der Waals surface area (Å²) in [6.07, 6.45) is 4.29. The first-order valence-corrected chi connectivity index (χ1v) is 4.52. The molecule has 3 heteroatoms. The Kier molecular flexibility index (Phi) is 8.12. The molecule has 0 aliphatic heterocycles. The number of rotatable bonds is 8. The van der Waals surface area contributed by atoms with Gasteiger partial charge in [-0.3, -0.25) is 4.79 Å². The summed E-state index contributed by atoms with van der Waals surface area (Å²) in [5.41, 5.74) is 0. The minimum Gasteiger partial charge on any atom is -0.438 e. The van der Waals surface area contributed by atoms with Crippen molar-refractivity contribution < 1.29 is 14.3 Å². The molecule has 1 atom stereocenters. The second kappa shape index (κ2) is 8.53. The van der Waals surface area contributed by atoms with E-state index in [9.17, 15) is 4.79 Å². The van der Waals surface area contributed by atoms with Crippen LogP contribution in [0.15, 0.2) is 0 Å². The van der Waals surface area contributed by atoms with E-state index in [1.807, 2.05) is 0 Å². The Balaban J connectivity index is 3.02. The number of carbonyl (C=O) groups is 1. The highest BCUT2D eigenvalue weighted by Crippen LogP contribution is 2.00. The summed E-state index contributed by atoms with van der Waals surface area (Å²) in [5.74, 6) is 0. The lowest BCUT2D eigenvalue weighted by atomic mass is 10.2. The minimum absolute atomic E-state index is 0.399. The largest absolute Gasteiger partial charge is 0.438 e. The van der Waals surface area contributed by atoms with E-state index < -0.39 is 6.29 Å². The summed E-state index contributed by atoms with van der Waals surface area (Å²) in [4.78, 5) is 9.85. The molecule has 0 bridgehead atoms. The highest BCUT2D eigenvalue weighted by atomic mass is 16.7. The summed E-state index contributed by atoms with van der Waals surface area (Å²) in [6.45, 7) is 4.97. The molecule has 3 nitrogen and oxygen atoms in total. The third-order valence-electron chi connectivity index (χ3n) is 1.60. The summed E-state index contributed by atoms with van der Waals surface area (Å²) in [6, 6.07) is 0. The Hall–Kier alpha value is -0.570. The lowest BCUT2D eigenvalue weighted by Crippen LogP contribution is -2.12. The van der Waals surface area contributed by atoms with Crippen LogP contribution in [0.1, 0.15) is 39.5 Å². The first kappa shape index (κ1) is 11.4. The third kappa shape index (κ3) is 7.54. The van der Waals surface area contributed by atoms with Crippen LogP contribution in [0.3, 0.4) is 0 Å². The van der Waals surface area contributed by atoms with Crippen molar-refractivity contribution in [3.8, 4) is 0 Å². The van der Waals surface area contributed by atoms with Crippen LogP contribution in [0.25, 0.3) is 0 Å². The van der Waals surface area contributed by atoms with Crippen molar-refractivity contribution in [1.82, 2.24) is 0 Å². The van der Waals surface area contributed by atoms with Gasteiger partial charge >= 0.3 is 0 Å². The monoisotopic (exact) mass is 174 g/mol. The van der Waals surface area contributed by atoms with Crippen LogP contribution in [-0.4, -0.2) is 19.4 Å². The van der Waals surface area contributed by atoms with E-state index in [0.717, 1.165) is 6.42 Å². The minimum atomic E-state index is -0.399. The van der Waals surface area contributed by atoms with Gasteiger partial charge in [0.1, 0.15) is 0 Å². The molecule has 12 heavy (non-hydrogen) atoms. The van der Waals surface area contributed by atoms with Crippen LogP contribution in [0, 0.1) is 0 Å². The van der Waals surface area contributed by atoms with E-state index >= 15 is 0 Å². The van der Waals surface area contributed by atoms with Crippen molar-refractivity contribution in [1.29, 1.82) is 0 Å². The first-order chi connectivity index (χ1) is 5.81. The van der Waals surface area contributed by atoms with E-state index in [2.05, 4.69) is 11.7 Å². The molecule has 72 valence electrons. The summed E-state index contributed by atoms with van der Waals surface area (Å²) < 4.78 is 9.72. The molecular formula is C9H18O3. The number of hydrogen-bond acceptors (Lipinski definition) is 3. The summed E-state index contributed by atoms with van der Waals surface area (Å²) in [7, 11) is 0. The third-order valence-corrected chi connectivity index (χ3v) is 1.60. The van der Waals surface area contributed by atoms with Gasteiger partial charge in [0.05, 0.1) is 6.61 Å². The van der Waals surface area contributed by atoms with E-state index in [0.29, 0.717) is 13.1 Å². The standard InChI is InChI=1S/C9H18O3/c1-3-4-5-6-7-11-9(2)12-8-10/h8-9H,3-7H2,1-2H3. The maximum absolute atomic E-state index is 9.85. The molecule has 0 spiro atoms. The van der Waals surface area contributed by atoms with Gasteiger partial charge in [-0.1, -0.05) is 26.2 Å². The average Bonchev–Trinajstić information content (AvgIpc) is 2.05. The van der Waals surface area contributed by atoms with E-state index in [1.54, 1.807) is 6.92 Å². The second-order valence-electron chi connectivity index (χ2n) is 2.73. The van der Waals surface area contributed by atoms with Crippen molar-refractivity contribution in [3.63, 3.8) is 0 Å². The Morgan fingerprint density at radius 3 is 2.67 bits per heavy atom. The molecule has 0 aliphatic carbocycles. The normalized spacial score (nSPS) is 12.5. The Morgan fingerprint density at radius 2 is 2.08 bits per heavy atom. The zero-order chi connectivity index (χ0) is 9.23. The highest BCUT2D eigenvalue weighted by molar-refractivity contribution is 5.37. The maximum atomic E-state index is 9.85. The predicted molar refractivity (Wildman–Crippen MR) is 46.7 cm³/mol. The lowest BCUT2D eigenvalue weighted by Gasteiger charge is -2.09. The summed E-state index contributed by atoms with van der Waals surface area (Å²) in [5, 5.41) is 0. The van der Waals surface area contributed by atoms with Crippen molar-refractivity contribution in [3.05, 3.63) is 0 Å². The van der Waals surface area contributed by atoms with Gasteiger partial charge in [-0.15, -0.1) is 0 Å². The molecule has 0 rings (SSSR count). The molecule has 0 saturated carbocycles. The smallest absolute Gasteiger partial charge is 0.295 e. The highest BCUT2D eigenvalue weighted by Gasteiger charge is 1.99. The number of carbonyl (C=O) groups excluding carboxylic acids is 1. The molecule has 0 heterocycles. The van der Waals surface area contributed by atoms with E-state index in [1.165, 1.54) is 19.3 Å². The average molecular weight is 174 g/mol. The number of ether oxygens (including phenoxy) is 2. The fourth-order valence-corrected chi connectivity index (χ4v) is 0.896. The fourth-order valence-electron chi connectivity index (χ4n) is 0.896. The fraction of sp³-hybridized carbons (Fsp3) is 0.889. The molecule has 0 saturated heterocycles. The molecular weight excluding hydrogens is 156 g/mol. The zero-order valence-corrected chi connectivity index (χ0v) is 7.91. The number of hydrogen-bond donors (Lipinski definition) is 0. The van der Waals surface area contributed by atoms with Crippen LogP contribution >= 0.6 is 0 Å². The van der Waals surface area contributed by atoms with Gasteiger partial charge in [-0.2, -0.15) is 0 Å². The van der Waals surface area contributed by atoms with Crippen LogP contribution in [0.4, 0.5) is 0 Å². The van der Waals surface area contributed by atoms with E-state index in [4.69, 9.17) is 4.74 Å². The maximum Gasteiger partial charge on any atom is 0.295 e. The summed E-state index contributed by atoms with van der Waals surface area (Å²) >= 11 is 0. The number of unbranched alkanes of at least 4 members (excludes halogenated alkanes) is 3. The van der Waals surface area contributed by atoms with Crippen molar-refractivity contribution in [2.24, 2.45) is 0 Å². The van der Waals surface area contributed by atoms with Crippen molar-refractivity contribution in [2.75, 3.05) is 6.61 Å². The molecule has 0 radical (unpaired) electrons. The molecule has 1 unspecified atom stereocenters. The van der Waals surface area contributed by atoms with Gasteiger partial charge in [0.25, 0.3) is 6.47 Å². The van der Waals surface area contributed by atoms with E-state index in [-0.39, 0.29) is 0 Å². The quantitative estimate of drug-likeness (QED) is 0.321. The second-order valence-corrected chi connectivity index (χ2v) is 2.73. The molecule has 0 aromatic rings. The molecule has 0 aromatic carbocycles. The van der Waals surface area contributed by atoms with Crippen LogP contribution < -0.4 is 0 Å². The van der Waals surface area contributed by atoms with Gasteiger partial charge in [-0.25, -0.2) is 0 Å². The Labute approximate surface area is 74.0 Å². The van der Waals surface area contributed by atoms with Gasteiger partial charge < -0.3 is 9.47 Å². The zero-order valence-electron chi connectivity index (χ0n) is 7.91. The topological polar surface area (TPSA) is 35.5 Å². The van der Waals surface area contributed by atoms with Gasteiger partial charge in [0.15, 0.2) is 6.29 Å². The lowest BCUT2D eigenvalue weighted by molar-refractivity contribution is -0.159. The van der Waals surface area contributed by atoms with Crippen LogP contribution in [0.5, 0.6) is 0 Å². The van der Waals surface area contributed by atoms with Gasteiger partial charge in [0.2, 0.25) is 0 Å². The molecule has 0 aromatic heterocycles. The molecule has 0 N–H and O–H groups in total. The molecule has 0 fully saturated rings. The van der Waals surface area contributed by atoms with Crippen LogP contribution in [0.2, 0.25) is 0 Å². The predicted octanol–water partition coefficient (Wildman–Crippen LogP) is 2.10. The van der Waals surface area contributed by atoms with Gasteiger partial charge in [-0.05, 0) is 13.3 Å². The van der Waals surface area contributed by atoms with Crippen LogP contribution in [-0.2, 0) is 14.3 Å². The first-order valence-electron chi connectivity index (χ1n) is 4.52. The molecule has 0 aliphatic rings.